The van der Waals surface area contributed by atoms with E-state index in [9.17, 15) is 4.79 Å². The number of carbonyl (C=O) groups is 1. The number of nitrogens with one attached hydrogen (secondary N) is 2. The van der Waals surface area contributed by atoms with Gasteiger partial charge in [0.2, 0.25) is 5.91 Å². The highest BCUT2D eigenvalue weighted by atomic mass is 16.2. The van der Waals surface area contributed by atoms with Crippen molar-refractivity contribution >= 4 is 11.9 Å². The molecule has 1 unspecified atom stereocenters. The molecular weight excluding hydrogens is 254 g/mol. The summed E-state index contributed by atoms with van der Waals surface area (Å²) in [7, 11) is 0. The maximum atomic E-state index is 12.2. The minimum absolute atomic E-state index is 0.0803. The highest BCUT2D eigenvalue weighted by molar-refractivity contribution is 5.88. The molecule has 3 atom stereocenters. The molecule has 2 fully saturated rings. The van der Waals surface area contributed by atoms with Crippen LogP contribution in [0.5, 0.6) is 0 Å². The summed E-state index contributed by atoms with van der Waals surface area (Å²) in [5, 5.41) is 6.54. The number of piperazine rings is 1. The van der Waals surface area contributed by atoms with E-state index in [1.54, 1.807) is 0 Å². The Kier molecular flexibility index (Phi) is 4.22. The van der Waals surface area contributed by atoms with Gasteiger partial charge in [-0.25, -0.2) is 4.99 Å². The molecule has 0 aliphatic carbocycles. The van der Waals surface area contributed by atoms with Gasteiger partial charge in [0.15, 0.2) is 11.6 Å². The third kappa shape index (κ3) is 2.26. The number of hydrogen-bond acceptors (Lipinski definition) is 5. The van der Waals surface area contributed by atoms with Crippen molar-refractivity contribution in [2.45, 2.75) is 64.8 Å². The lowest BCUT2D eigenvalue weighted by atomic mass is 9.95. The zero-order valence-corrected chi connectivity index (χ0v) is 12.9. The molecule has 3 heterocycles. The van der Waals surface area contributed by atoms with Gasteiger partial charge in [-0.2, -0.15) is 0 Å². The van der Waals surface area contributed by atoms with Crippen molar-refractivity contribution in [3.63, 3.8) is 0 Å². The number of nitrogens with zero attached hydrogens (tertiary/aromatic N) is 2. The van der Waals surface area contributed by atoms with E-state index in [2.05, 4.69) is 29.5 Å². The van der Waals surface area contributed by atoms with Crippen LogP contribution in [0.15, 0.2) is 4.99 Å². The Morgan fingerprint density at radius 1 is 1.50 bits per heavy atom. The van der Waals surface area contributed by atoms with Gasteiger partial charge in [-0.1, -0.05) is 27.7 Å². The van der Waals surface area contributed by atoms with Crippen LogP contribution in [0.1, 0.15) is 47.0 Å². The lowest BCUT2D eigenvalue weighted by Gasteiger charge is -2.44. The van der Waals surface area contributed by atoms with Crippen LogP contribution in [0.25, 0.3) is 0 Å². The zero-order chi connectivity index (χ0) is 14.9. The van der Waals surface area contributed by atoms with E-state index in [-0.39, 0.29) is 18.1 Å². The van der Waals surface area contributed by atoms with Gasteiger partial charge in [-0.05, 0) is 25.2 Å². The summed E-state index contributed by atoms with van der Waals surface area (Å²) in [6.07, 6.45) is 2.69. The summed E-state index contributed by atoms with van der Waals surface area (Å²) in [6, 6.07) is -0.155. The van der Waals surface area contributed by atoms with E-state index in [1.165, 1.54) is 0 Å². The molecule has 2 saturated heterocycles. The van der Waals surface area contributed by atoms with Crippen molar-refractivity contribution in [3.8, 4) is 0 Å². The van der Waals surface area contributed by atoms with Crippen LogP contribution in [-0.4, -0.2) is 41.2 Å². The van der Waals surface area contributed by atoms with Gasteiger partial charge in [-0.3, -0.25) is 10.1 Å². The van der Waals surface area contributed by atoms with Crippen molar-refractivity contribution in [1.29, 1.82) is 0 Å². The molecule has 4 N–H and O–H groups in total. The second kappa shape index (κ2) is 5.60. The standard InChI is InChI=1S/C12H21N5O.C2H6/c1-7(2)6-8-9(18)16-12-4-3-5-17(12)11(13)15-10(12)14-8;1-2/h7-8,10,14H,3-6H2,1-2H3,(H2,13,15)(H,16,18);1-2H3/t8-,10?,12+;/m1./s1. The first-order chi connectivity index (χ1) is 9.53. The topological polar surface area (TPSA) is 82.8 Å². The number of nitrogens with two attached hydrogens (primary N) is 1. The summed E-state index contributed by atoms with van der Waals surface area (Å²) < 4.78 is 0. The van der Waals surface area contributed by atoms with Crippen molar-refractivity contribution < 1.29 is 4.79 Å². The van der Waals surface area contributed by atoms with Crippen LogP contribution < -0.4 is 16.4 Å². The first-order valence-corrected chi connectivity index (χ1v) is 7.72. The monoisotopic (exact) mass is 281 g/mol. The molecule has 0 aromatic heterocycles. The third-order valence-corrected chi connectivity index (χ3v) is 4.13. The predicted octanol–water partition coefficient (Wildman–Crippen LogP) is 0.593. The van der Waals surface area contributed by atoms with E-state index in [0.717, 1.165) is 25.8 Å². The summed E-state index contributed by atoms with van der Waals surface area (Å²) >= 11 is 0. The van der Waals surface area contributed by atoms with E-state index in [1.807, 2.05) is 18.7 Å². The van der Waals surface area contributed by atoms with Gasteiger partial charge in [0, 0.05) is 6.54 Å². The van der Waals surface area contributed by atoms with Crippen molar-refractivity contribution in [1.82, 2.24) is 15.5 Å². The first kappa shape index (κ1) is 15.1. The molecule has 0 aromatic carbocycles. The number of rotatable bonds is 2. The molecule has 3 aliphatic heterocycles. The lowest BCUT2D eigenvalue weighted by Crippen LogP contribution is -2.73. The largest absolute Gasteiger partial charge is 0.370 e. The van der Waals surface area contributed by atoms with Gasteiger partial charge in [-0.15, -0.1) is 0 Å². The minimum atomic E-state index is -0.394. The molecule has 6 heteroatoms. The Hall–Kier alpha value is -1.30. The minimum Gasteiger partial charge on any atom is -0.370 e. The van der Waals surface area contributed by atoms with Crippen LogP contribution in [0.3, 0.4) is 0 Å². The van der Waals surface area contributed by atoms with Gasteiger partial charge in [0.1, 0.15) is 6.17 Å². The van der Waals surface area contributed by atoms with Crippen molar-refractivity contribution in [2.75, 3.05) is 6.54 Å². The Labute approximate surface area is 121 Å². The summed E-state index contributed by atoms with van der Waals surface area (Å²) in [5.74, 6) is 1.11. The molecule has 1 amide bonds. The van der Waals surface area contributed by atoms with Crippen molar-refractivity contribution in [2.24, 2.45) is 16.6 Å². The molecule has 20 heavy (non-hydrogen) atoms. The Balaban J connectivity index is 0.000000704. The lowest BCUT2D eigenvalue weighted by molar-refractivity contribution is -0.131. The average molecular weight is 281 g/mol. The van der Waals surface area contributed by atoms with Gasteiger partial charge >= 0.3 is 0 Å². The highest BCUT2D eigenvalue weighted by Crippen LogP contribution is 2.37. The second-order valence-electron chi connectivity index (χ2n) is 5.91. The molecule has 0 radical (unpaired) electrons. The SMILES string of the molecule is CC.CC(C)C[C@H]1NC2N=C(N)N3CCC[C@@]23NC1=O. The summed E-state index contributed by atoms with van der Waals surface area (Å²) in [4.78, 5) is 18.7. The fourth-order valence-electron chi connectivity index (χ4n) is 3.34. The van der Waals surface area contributed by atoms with Crippen LogP contribution in [0.4, 0.5) is 0 Å². The number of guanidine groups is 1. The number of amides is 1. The zero-order valence-electron chi connectivity index (χ0n) is 12.9. The van der Waals surface area contributed by atoms with Crippen LogP contribution in [-0.2, 0) is 4.79 Å². The molecule has 0 bridgehead atoms. The Morgan fingerprint density at radius 3 is 2.85 bits per heavy atom. The Morgan fingerprint density at radius 2 is 2.20 bits per heavy atom. The molecule has 6 nitrogen and oxygen atoms in total. The highest BCUT2D eigenvalue weighted by Gasteiger charge is 2.57. The smallest absolute Gasteiger partial charge is 0.239 e. The molecule has 3 aliphatic rings. The van der Waals surface area contributed by atoms with E-state index in [4.69, 9.17) is 5.73 Å². The maximum Gasteiger partial charge on any atom is 0.239 e. The molecular formula is C14H27N5O. The van der Waals surface area contributed by atoms with Crippen LogP contribution in [0.2, 0.25) is 0 Å². The molecule has 0 aromatic rings. The summed E-state index contributed by atoms with van der Waals surface area (Å²) in [5.41, 5.74) is 5.56. The molecule has 1 spiro atoms. The quantitative estimate of drug-likeness (QED) is 0.692. The van der Waals surface area contributed by atoms with E-state index >= 15 is 0 Å². The van der Waals surface area contributed by atoms with Gasteiger partial charge in [0.25, 0.3) is 0 Å². The maximum absolute atomic E-state index is 12.2. The number of carbonyl (C=O) groups excluding carboxylic acids is 1. The van der Waals surface area contributed by atoms with Crippen LogP contribution in [0, 0.1) is 5.92 Å². The fourth-order valence-corrected chi connectivity index (χ4v) is 3.34. The first-order valence-electron chi connectivity index (χ1n) is 7.72. The van der Waals surface area contributed by atoms with E-state index < -0.39 is 5.66 Å². The molecule has 114 valence electrons. The van der Waals surface area contributed by atoms with Gasteiger partial charge in [0.05, 0.1) is 6.04 Å². The molecule has 3 rings (SSSR count). The van der Waals surface area contributed by atoms with E-state index in [0.29, 0.717) is 11.9 Å². The average Bonchev–Trinajstić information content (AvgIpc) is 2.91. The third-order valence-electron chi connectivity index (χ3n) is 4.13. The Bertz CT molecular complexity index is 408. The fraction of sp³-hybridized carbons (Fsp3) is 0.857. The number of aliphatic imine (C=N–C) groups is 1. The second-order valence-corrected chi connectivity index (χ2v) is 5.91. The van der Waals surface area contributed by atoms with Gasteiger partial charge < -0.3 is 16.0 Å². The molecule has 0 saturated carbocycles. The summed E-state index contributed by atoms with van der Waals surface area (Å²) in [6.45, 7) is 9.11. The number of hydrogen-bond donors (Lipinski definition) is 3. The van der Waals surface area contributed by atoms with Crippen molar-refractivity contribution in [3.05, 3.63) is 0 Å². The normalized spacial score (nSPS) is 35.0. The predicted molar refractivity (Wildman–Crippen MR) is 80.0 cm³/mol. The van der Waals surface area contributed by atoms with Crippen LogP contribution >= 0.6 is 0 Å².